The van der Waals surface area contributed by atoms with E-state index in [1.54, 1.807) is 11.0 Å². The molecule has 2 aromatic rings. The molecule has 0 N–H and O–H groups in total. The number of carbonyl (C=O) groups is 1. The normalized spacial score (nSPS) is 18.3. The zero-order chi connectivity index (χ0) is 27.5. The van der Waals surface area contributed by atoms with E-state index in [2.05, 4.69) is 90.5 Å². The van der Waals surface area contributed by atoms with Gasteiger partial charge in [0.05, 0.1) is 6.54 Å². The summed E-state index contributed by atoms with van der Waals surface area (Å²) in [7, 11) is 0. The van der Waals surface area contributed by atoms with Gasteiger partial charge in [-0.3, -0.25) is 9.69 Å². The van der Waals surface area contributed by atoms with Crippen LogP contribution in [0, 0.1) is 5.92 Å². The number of aliphatic imine (C=N–C) groups is 1. The number of anilines is 2. The van der Waals surface area contributed by atoms with Crippen LogP contribution in [0.3, 0.4) is 0 Å². The lowest BCUT2D eigenvalue weighted by Gasteiger charge is -2.26. The van der Waals surface area contributed by atoms with E-state index in [1.165, 1.54) is 0 Å². The van der Waals surface area contributed by atoms with Crippen LogP contribution in [0.1, 0.15) is 39.2 Å². The summed E-state index contributed by atoms with van der Waals surface area (Å²) in [5.74, 6) is 0.359. The summed E-state index contributed by atoms with van der Waals surface area (Å²) in [6.45, 7) is 7.19. The average Bonchev–Trinajstić information content (AvgIpc) is 3.10. The molecule has 1 heterocycles. The van der Waals surface area contributed by atoms with Gasteiger partial charge in [-0.15, -0.1) is 0 Å². The molecule has 0 saturated carbocycles. The van der Waals surface area contributed by atoms with Crippen molar-refractivity contribution in [3.8, 4) is 0 Å². The van der Waals surface area contributed by atoms with Crippen LogP contribution >= 0.6 is 0 Å². The maximum atomic E-state index is 13.0. The van der Waals surface area contributed by atoms with Crippen LogP contribution in [-0.2, 0) is 9.53 Å². The highest BCUT2D eigenvalue weighted by Gasteiger charge is 2.33. The zero-order valence-corrected chi connectivity index (χ0v) is 23.0. The molecule has 0 radical (unpaired) electrons. The highest BCUT2D eigenvalue weighted by molar-refractivity contribution is 6.11. The summed E-state index contributed by atoms with van der Waals surface area (Å²) in [5, 5.41) is 0. The predicted molar refractivity (Wildman–Crippen MR) is 162 cm³/mol. The van der Waals surface area contributed by atoms with E-state index in [0.29, 0.717) is 19.1 Å². The lowest BCUT2D eigenvalue weighted by Crippen LogP contribution is -2.29. The first-order valence-electron chi connectivity index (χ1n) is 13.7. The molecule has 1 saturated heterocycles. The number of rotatable bonds is 10. The minimum atomic E-state index is -0.165. The fourth-order valence-corrected chi connectivity index (χ4v) is 4.29. The SMILES string of the molecule is CC/C=C\C=C/C(C)CN=C1O/C(=C/c2ccc(N(C3=CCC=CC=C3)c3ccccc3)cc2)C(=O)N1CC. The molecule has 1 aliphatic carbocycles. The number of para-hydroxylation sites is 1. The van der Waals surface area contributed by atoms with Gasteiger partial charge in [-0.2, -0.15) is 0 Å². The minimum absolute atomic E-state index is 0.165. The summed E-state index contributed by atoms with van der Waals surface area (Å²) in [5.41, 5.74) is 4.11. The molecule has 2 aromatic carbocycles. The van der Waals surface area contributed by atoms with Crippen molar-refractivity contribution in [2.75, 3.05) is 18.0 Å². The molecule has 4 rings (SSSR count). The quantitative estimate of drug-likeness (QED) is 0.236. The molecule has 200 valence electrons. The van der Waals surface area contributed by atoms with E-state index >= 15 is 0 Å². The summed E-state index contributed by atoms with van der Waals surface area (Å²) in [6.07, 6.45) is 22.6. The van der Waals surface area contributed by atoms with Gasteiger partial charge < -0.3 is 9.64 Å². The highest BCUT2D eigenvalue weighted by Crippen LogP contribution is 2.32. The Kier molecular flexibility index (Phi) is 9.90. The van der Waals surface area contributed by atoms with Crippen molar-refractivity contribution in [2.45, 2.75) is 33.6 Å². The summed E-state index contributed by atoms with van der Waals surface area (Å²) >= 11 is 0. The third-order valence-corrected chi connectivity index (χ3v) is 6.34. The Hall–Kier alpha value is -4.38. The van der Waals surface area contributed by atoms with E-state index in [-0.39, 0.29) is 17.6 Å². The van der Waals surface area contributed by atoms with E-state index in [4.69, 9.17) is 4.74 Å². The van der Waals surface area contributed by atoms with Gasteiger partial charge in [0.2, 0.25) is 0 Å². The van der Waals surface area contributed by atoms with Crippen LogP contribution in [0.15, 0.2) is 126 Å². The number of hydrogen-bond donors (Lipinski definition) is 0. The maximum Gasteiger partial charge on any atom is 0.300 e. The monoisotopic (exact) mass is 519 g/mol. The molecule has 5 heteroatoms. The number of likely N-dealkylation sites (N-methyl/N-ethyl adjacent to an activating group) is 1. The van der Waals surface area contributed by atoms with Gasteiger partial charge in [0.25, 0.3) is 11.9 Å². The number of amidine groups is 1. The summed E-state index contributed by atoms with van der Waals surface area (Å²) < 4.78 is 5.94. The van der Waals surface area contributed by atoms with Crippen molar-refractivity contribution >= 4 is 29.4 Å². The first-order valence-corrected chi connectivity index (χ1v) is 13.7. The Labute approximate surface area is 232 Å². The fraction of sp³-hybridized carbons (Fsp3) is 0.235. The molecule has 0 aromatic heterocycles. The van der Waals surface area contributed by atoms with Crippen molar-refractivity contribution in [1.29, 1.82) is 0 Å². The van der Waals surface area contributed by atoms with Crippen LogP contribution in [0.4, 0.5) is 11.4 Å². The average molecular weight is 520 g/mol. The van der Waals surface area contributed by atoms with Gasteiger partial charge >= 0.3 is 0 Å². The number of nitrogens with zero attached hydrogens (tertiary/aromatic N) is 3. The molecule has 1 fully saturated rings. The largest absolute Gasteiger partial charge is 0.420 e. The minimum Gasteiger partial charge on any atom is -0.420 e. The van der Waals surface area contributed by atoms with Crippen LogP contribution in [-0.4, -0.2) is 29.9 Å². The van der Waals surface area contributed by atoms with E-state index in [9.17, 15) is 4.79 Å². The number of ether oxygens (including phenoxy) is 1. The molecule has 1 aliphatic heterocycles. The molecule has 5 nitrogen and oxygen atoms in total. The Morgan fingerprint density at radius 3 is 2.54 bits per heavy atom. The molecule has 39 heavy (non-hydrogen) atoms. The van der Waals surface area contributed by atoms with Crippen LogP contribution in [0.2, 0.25) is 0 Å². The first kappa shape index (κ1) is 27.6. The van der Waals surface area contributed by atoms with Gasteiger partial charge in [0.15, 0.2) is 5.76 Å². The molecule has 1 atom stereocenters. The Morgan fingerprint density at radius 2 is 1.79 bits per heavy atom. The third-order valence-electron chi connectivity index (χ3n) is 6.34. The summed E-state index contributed by atoms with van der Waals surface area (Å²) in [4.78, 5) is 21.5. The molecular formula is C34H37N3O2. The molecule has 2 aliphatic rings. The number of carbonyl (C=O) groups excluding carboxylic acids is 1. The lowest BCUT2D eigenvalue weighted by atomic mass is 10.1. The Balaban J connectivity index is 1.53. The van der Waals surface area contributed by atoms with E-state index < -0.39 is 0 Å². The lowest BCUT2D eigenvalue weighted by molar-refractivity contribution is -0.122. The van der Waals surface area contributed by atoms with Crippen LogP contribution < -0.4 is 4.90 Å². The standard InChI is InChI=1S/C34H37N3O2/c1-4-6-7-11-16-27(3)26-35-34-36(5-2)33(38)32(39-34)25-28-21-23-31(24-22-28)37(30-19-14-10-15-20-30)29-17-12-8-9-13-18-29/h6-12,14-25,27H,4-5,13,26H2,1-3H3/b7-6-,16-11-,32-25+,35-34?. The van der Waals surface area contributed by atoms with Gasteiger partial charge in [0.1, 0.15) is 0 Å². The molecular weight excluding hydrogens is 482 g/mol. The number of amides is 1. The number of allylic oxidation sites excluding steroid dienone is 8. The zero-order valence-electron chi connectivity index (χ0n) is 23.0. The van der Waals surface area contributed by atoms with Gasteiger partial charge in [0, 0.05) is 23.6 Å². The predicted octanol–water partition coefficient (Wildman–Crippen LogP) is 7.96. The van der Waals surface area contributed by atoms with Crippen molar-refractivity contribution in [3.05, 3.63) is 126 Å². The Morgan fingerprint density at radius 1 is 1.03 bits per heavy atom. The fourth-order valence-electron chi connectivity index (χ4n) is 4.29. The van der Waals surface area contributed by atoms with Crippen LogP contribution in [0.5, 0.6) is 0 Å². The van der Waals surface area contributed by atoms with Crippen molar-refractivity contribution in [2.24, 2.45) is 10.9 Å². The van der Waals surface area contributed by atoms with E-state index in [1.807, 2.05) is 49.4 Å². The third kappa shape index (κ3) is 7.35. The topological polar surface area (TPSA) is 45.1 Å². The second-order valence-corrected chi connectivity index (χ2v) is 9.40. The molecule has 0 bridgehead atoms. The van der Waals surface area contributed by atoms with Crippen molar-refractivity contribution < 1.29 is 9.53 Å². The molecule has 1 unspecified atom stereocenters. The second-order valence-electron chi connectivity index (χ2n) is 9.40. The van der Waals surface area contributed by atoms with Crippen molar-refractivity contribution in [1.82, 2.24) is 4.90 Å². The summed E-state index contributed by atoms with van der Waals surface area (Å²) in [6, 6.07) is 18.8. The molecule has 1 amide bonds. The van der Waals surface area contributed by atoms with Gasteiger partial charge in [-0.05, 0) is 67.7 Å². The van der Waals surface area contributed by atoms with Crippen LogP contribution in [0.25, 0.3) is 6.08 Å². The van der Waals surface area contributed by atoms with Gasteiger partial charge in [-0.1, -0.05) is 92.8 Å². The second kappa shape index (κ2) is 14.0. The number of benzene rings is 2. The Bertz CT molecular complexity index is 1330. The maximum absolute atomic E-state index is 13.0. The smallest absolute Gasteiger partial charge is 0.300 e. The highest BCUT2D eigenvalue weighted by atomic mass is 16.5. The number of hydrogen-bond acceptors (Lipinski definition) is 4. The van der Waals surface area contributed by atoms with Gasteiger partial charge in [-0.25, -0.2) is 4.99 Å². The first-order chi connectivity index (χ1) is 19.1. The molecule has 0 spiro atoms. The van der Waals surface area contributed by atoms with Crippen molar-refractivity contribution in [3.63, 3.8) is 0 Å². The van der Waals surface area contributed by atoms with E-state index in [0.717, 1.165) is 35.5 Å².